The van der Waals surface area contributed by atoms with E-state index in [1.165, 1.54) is 30.3 Å². The molecule has 2 heterocycles. The minimum atomic E-state index is -4.78. The molecule has 1 aromatic carbocycles. The van der Waals surface area contributed by atoms with E-state index in [-0.39, 0.29) is 22.7 Å². The van der Waals surface area contributed by atoms with Crippen molar-refractivity contribution in [3.63, 3.8) is 0 Å². The average Bonchev–Trinajstić information content (AvgIpc) is 3.00. The lowest BCUT2D eigenvalue weighted by Crippen LogP contribution is -2.23. The zero-order chi connectivity index (χ0) is 19.6. The van der Waals surface area contributed by atoms with Gasteiger partial charge in [0.1, 0.15) is 10.8 Å². The van der Waals surface area contributed by atoms with Gasteiger partial charge in [0, 0.05) is 23.7 Å². The molecule has 0 unspecified atom stereocenters. The molecule has 1 aromatic heterocycles. The molecule has 0 bridgehead atoms. The summed E-state index contributed by atoms with van der Waals surface area (Å²) in [6.07, 6.45) is -2.07. The number of aromatic amines is 1. The number of halogens is 4. The number of amides is 1. The minimum absolute atomic E-state index is 0.0150. The number of alkyl halides is 3. The van der Waals surface area contributed by atoms with E-state index in [2.05, 4.69) is 15.0 Å². The van der Waals surface area contributed by atoms with Gasteiger partial charge in [-0.15, -0.1) is 13.2 Å². The Morgan fingerprint density at radius 2 is 1.85 bits per heavy atom. The van der Waals surface area contributed by atoms with E-state index in [1.54, 1.807) is 12.1 Å². The Labute approximate surface area is 156 Å². The average molecular weight is 399 g/mol. The number of carbonyl (C=O) groups excluding carboxylic acids is 1. The molecule has 27 heavy (non-hydrogen) atoms. The molecule has 0 aliphatic carbocycles. The van der Waals surface area contributed by atoms with Crippen molar-refractivity contribution in [2.75, 3.05) is 0 Å². The maximum absolute atomic E-state index is 12.3. The highest BCUT2D eigenvalue weighted by Gasteiger charge is 2.31. The largest absolute Gasteiger partial charge is 0.573 e. The number of carbonyl (C=O) groups is 1. The first-order chi connectivity index (χ1) is 12.7. The monoisotopic (exact) mass is 398 g/mol. The topological polar surface area (TPSA) is 71.2 Å². The molecule has 5 nitrogen and oxygen atoms in total. The molecule has 2 N–H and O–H groups in total. The summed E-state index contributed by atoms with van der Waals surface area (Å²) in [4.78, 5) is 25.9. The van der Waals surface area contributed by atoms with Crippen LogP contribution in [0.15, 0.2) is 47.3 Å². The maximum Gasteiger partial charge on any atom is 0.573 e. The van der Waals surface area contributed by atoms with E-state index in [4.69, 9.17) is 11.6 Å². The van der Waals surface area contributed by atoms with Crippen LogP contribution in [0.25, 0.3) is 5.57 Å². The summed E-state index contributed by atoms with van der Waals surface area (Å²) in [7, 11) is 0. The molecule has 142 valence electrons. The number of hydrogen-bond donors (Lipinski definition) is 2. The normalized spacial score (nSPS) is 17.7. The summed E-state index contributed by atoms with van der Waals surface area (Å²) in [5.74, 6) is -0.446. The summed E-state index contributed by atoms with van der Waals surface area (Å²) in [5, 5.41) is 2.80. The lowest BCUT2D eigenvalue weighted by Gasteiger charge is -2.13. The van der Waals surface area contributed by atoms with Crippen molar-refractivity contribution >= 4 is 23.1 Å². The number of rotatable bonds is 4. The van der Waals surface area contributed by atoms with Gasteiger partial charge >= 0.3 is 6.36 Å². The highest BCUT2D eigenvalue weighted by atomic mass is 35.5. The number of hydrogen-bond acceptors (Lipinski definition) is 3. The number of H-pyrrole nitrogens is 1. The van der Waals surface area contributed by atoms with Crippen molar-refractivity contribution in [1.82, 2.24) is 10.3 Å². The second-order valence-electron chi connectivity index (χ2n) is 5.91. The molecular weight excluding hydrogens is 385 g/mol. The Kier molecular flexibility index (Phi) is 5.27. The SMILES string of the molecule is O=C1CC[C@H](/C=C(\c2ccc(OC(F)(F)F)cc2)c2ccc(Cl)c(=O)[nH]2)N1. The number of aromatic nitrogens is 1. The third-order valence-corrected chi connectivity index (χ3v) is 4.24. The zero-order valence-corrected chi connectivity index (χ0v) is 14.5. The van der Waals surface area contributed by atoms with Crippen molar-refractivity contribution in [2.45, 2.75) is 25.2 Å². The highest BCUT2D eigenvalue weighted by molar-refractivity contribution is 6.30. The van der Waals surface area contributed by atoms with Gasteiger partial charge in [-0.25, -0.2) is 0 Å². The van der Waals surface area contributed by atoms with Crippen molar-refractivity contribution in [3.8, 4) is 5.75 Å². The standard InChI is InChI=1S/C18H14ClF3N2O3/c19-14-6-7-15(24-17(14)26)13(9-11-3-8-16(25)23-11)10-1-4-12(5-2-10)27-18(20,21)22/h1-2,4-7,9,11H,3,8H2,(H,23,25)(H,24,26)/b13-9+/t11-/m1/s1. The van der Waals surface area contributed by atoms with Gasteiger partial charge in [-0.05, 0) is 36.2 Å². The van der Waals surface area contributed by atoms with E-state index >= 15 is 0 Å². The molecule has 1 saturated heterocycles. The predicted octanol–water partition coefficient (Wildman–Crippen LogP) is 3.64. The van der Waals surface area contributed by atoms with Crippen LogP contribution in [0.5, 0.6) is 5.75 Å². The van der Waals surface area contributed by atoms with Gasteiger partial charge in [0.2, 0.25) is 5.91 Å². The molecule has 1 atom stereocenters. The van der Waals surface area contributed by atoms with Gasteiger partial charge in [0.25, 0.3) is 5.56 Å². The van der Waals surface area contributed by atoms with Crippen molar-refractivity contribution < 1.29 is 22.7 Å². The molecule has 3 rings (SSSR count). The summed E-state index contributed by atoms with van der Waals surface area (Å²) in [6, 6.07) is 8.01. The van der Waals surface area contributed by atoms with Crippen LogP contribution in [0.1, 0.15) is 24.1 Å². The maximum atomic E-state index is 12.3. The minimum Gasteiger partial charge on any atom is -0.406 e. The molecule has 0 saturated carbocycles. The fourth-order valence-electron chi connectivity index (χ4n) is 2.75. The van der Waals surface area contributed by atoms with Gasteiger partial charge in [-0.3, -0.25) is 9.59 Å². The quantitative estimate of drug-likeness (QED) is 0.826. The molecule has 1 amide bonds. The van der Waals surface area contributed by atoms with Crippen LogP contribution in [0.3, 0.4) is 0 Å². The van der Waals surface area contributed by atoms with Crippen LogP contribution in [0.4, 0.5) is 13.2 Å². The third-order valence-electron chi connectivity index (χ3n) is 3.95. The summed E-state index contributed by atoms with van der Waals surface area (Å²) in [5.41, 5.74) is 1.03. The van der Waals surface area contributed by atoms with Crippen molar-refractivity contribution in [3.05, 3.63) is 69.1 Å². The van der Waals surface area contributed by atoms with E-state index in [0.29, 0.717) is 29.7 Å². The lowest BCUT2D eigenvalue weighted by atomic mass is 9.99. The van der Waals surface area contributed by atoms with Crippen molar-refractivity contribution in [1.29, 1.82) is 0 Å². The summed E-state index contributed by atoms with van der Waals surface area (Å²) in [6.45, 7) is 0. The van der Waals surface area contributed by atoms with E-state index in [9.17, 15) is 22.8 Å². The van der Waals surface area contributed by atoms with Gasteiger partial charge in [-0.1, -0.05) is 29.8 Å². The van der Waals surface area contributed by atoms with Crippen LogP contribution < -0.4 is 15.6 Å². The van der Waals surface area contributed by atoms with E-state index in [1.807, 2.05) is 0 Å². The van der Waals surface area contributed by atoms with Crippen LogP contribution in [0.2, 0.25) is 5.02 Å². The Bertz CT molecular complexity index is 936. The zero-order valence-electron chi connectivity index (χ0n) is 13.8. The van der Waals surface area contributed by atoms with Crippen LogP contribution in [-0.2, 0) is 4.79 Å². The first kappa shape index (κ1) is 19.0. The number of nitrogens with one attached hydrogen (secondary N) is 2. The van der Waals surface area contributed by atoms with Gasteiger partial charge in [0.15, 0.2) is 0 Å². The lowest BCUT2D eigenvalue weighted by molar-refractivity contribution is -0.274. The highest BCUT2D eigenvalue weighted by Crippen LogP contribution is 2.28. The Balaban J connectivity index is 1.99. The first-order valence-electron chi connectivity index (χ1n) is 7.98. The first-order valence-corrected chi connectivity index (χ1v) is 8.35. The molecular formula is C18H14ClF3N2O3. The molecule has 1 aliphatic heterocycles. The molecule has 2 aromatic rings. The van der Waals surface area contributed by atoms with E-state index in [0.717, 1.165) is 0 Å². The molecule has 0 radical (unpaired) electrons. The van der Waals surface area contributed by atoms with Gasteiger partial charge in [0.05, 0.1) is 0 Å². The Morgan fingerprint density at radius 3 is 2.41 bits per heavy atom. The second kappa shape index (κ2) is 7.48. The fourth-order valence-corrected chi connectivity index (χ4v) is 2.86. The van der Waals surface area contributed by atoms with Crippen LogP contribution in [0, 0.1) is 0 Å². The number of ether oxygens (including phenoxy) is 1. The summed E-state index contributed by atoms with van der Waals surface area (Å²) < 4.78 is 40.9. The van der Waals surface area contributed by atoms with Crippen LogP contribution >= 0.6 is 11.6 Å². The molecule has 0 spiro atoms. The molecule has 1 fully saturated rings. The van der Waals surface area contributed by atoms with E-state index < -0.39 is 11.9 Å². The predicted molar refractivity (Wildman–Crippen MR) is 93.4 cm³/mol. The second-order valence-corrected chi connectivity index (χ2v) is 6.32. The van der Waals surface area contributed by atoms with Gasteiger partial charge in [-0.2, -0.15) is 0 Å². The number of benzene rings is 1. The smallest absolute Gasteiger partial charge is 0.406 e. The fraction of sp³-hybridized carbons (Fsp3) is 0.222. The molecule has 9 heteroatoms. The Morgan fingerprint density at radius 1 is 1.15 bits per heavy atom. The number of pyridine rings is 1. The Hall–Kier alpha value is -2.74. The third kappa shape index (κ3) is 4.91. The van der Waals surface area contributed by atoms with Crippen LogP contribution in [-0.4, -0.2) is 23.3 Å². The summed E-state index contributed by atoms with van der Waals surface area (Å²) >= 11 is 5.76. The van der Waals surface area contributed by atoms with Gasteiger partial charge < -0.3 is 15.0 Å². The van der Waals surface area contributed by atoms with Crippen molar-refractivity contribution in [2.24, 2.45) is 0 Å². The molecule has 1 aliphatic rings.